The lowest BCUT2D eigenvalue weighted by Gasteiger charge is -2.30. The van der Waals surface area contributed by atoms with Gasteiger partial charge in [0.15, 0.2) is 11.6 Å². The van der Waals surface area contributed by atoms with Crippen LogP contribution in [0.25, 0.3) is 0 Å². The number of methoxy groups -OCH3 is 1. The highest BCUT2D eigenvalue weighted by molar-refractivity contribution is 6.35. The number of aliphatic imine (C=N–C) groups is 1. The summed E-state index contributed by atoms with van der Waals surface area (Å²) in [6.45, 7) is 4.75. The van der Waals surface area contributed by atoms with Crippen LogP contribution in [-0.2, 0) is 16.0 Å². The van der Waals surface area contributed by atoms with E-state index in [0.29, 0.717) is 58.8 Å². The van der Waals surface area contributed by atoms with Crippen LogP contribution in [0.3, 0.4) is 0 Å². The first kappa shape index (κ1) is 29.5. The van der Waals surface area contributed by atoms with Crippen molar-refractivity contribution < 1.29 is 24.1 Å². The van der Waals surface area contributed by atoms with E-state index in [1.807, 2.05) is 36.4 Å². The van der Waals surface area contributed by atoms with Gasteiger partial charge < -0.3 is 24.6 Å². The molecule has 0 saturated heterocycles. The second-order valence-corrected chi connectivity index (χ2v) is 10.1. The first-order valence-corrected chi connectivity index (χ1v) is 13.7. The maximum absolute atomic E-state index is 13.9. The molecule has 9 heteroatoms. The Morgan fingerprint density at radius 1 is 1.15 bits per heavy atom. The molecule has 1 aliphatic rings. The van der Waals surface area contributed by atoms with E-state index in [2.05, 4.69) is 11.9 Å². The summed E-state index contributed by atoms with van der Waals surface area (Å²) in [6.07, 6.45) is 2.20. The molecule has 0 unspecified atom stereocenters. The standard InChI is InChI=1S/C31H32Cl2N2O5/c1-3-15-31(30(37)34-16-14-21-6-4-7-25(19-21)38-2)28(26-13-10-23(32)20-27(26)33)40-29(35-31)22-8-11-24(12-9-22)39-18-5-17-36/h3-4,6-13,19-20,28,36H,1,5,14-18H2,2H3,(H,34,37)/t28-,31-/m1/s1. The van der Waals surface area contributed by atoms with Gasteiger partial charge in [-0.1, -0.05) is 47.5 Å². The van der Waals surface area contributed by atoms with Gasteiger partial charge in [0.25, 0.3) is 5.91 Å². The predicted molar refractivity (Wildman–Crippen MR) is 158 cm³/mol. The number of aliphatic hydroxyl groups excluding tert-OH is 1. The lowest BCUT2D eigenvalue weighted by atomic mass is 9.84. The number of nitrogens with zero attached hydrogens (tertiary/aromatic N) is 1. The van der Waals surface area contributed by atoms with E-state index >= 15 is 0 Å². The van der Waals surface area contributed by atoms with Gasteiger partial charge in [0.1, 0.15) is 11.5 Å². The second-order valence-electron chi connectivity index (χ2n) is 9.31. The summed E-state index contributed by atoms with van der Waals surface area (Å²) in [5.41, 5.74) is 0.959. The molecule has 0 aliphatic carbocycles. The number of carbonyl (C=O) groups is 1. The Balaban J connectivity index is 1.63. The number of hydrogen-bond acceptors (Lipinski definition) is 6. The average molecular weight is 584 g/mol. The largest absolute Gasteiger partial charge is 0.497 e. The fraction of sp³-hybridized carbons (Fsp3) is 0.290. The molecule has 40 heavy (non-hydrogen) atoms. The quantitative estimate of drug-likeness (QED) is 0.192. The molecule has 1 amide bonds. The fourth-order valence-corrected chi connectivity index (χ4v) is 5.04. The summed E-state index contributed by atoms with van der Waals surface area (Å²) in [4.78, 5) is 18.8. The van der Waals surface area contributed by atoms with E-state index in [1.54, 1.807) is 43.5 Å². The molecule has 3 aromatic rings. The fourth-order valence-electron chi connectivity index (χ4n) is 4.53. The van der Waals surface area contributed by atoms with Crippen LogP contribution >= 0.6 is 23.2 Å². The van der Waals surface area contributed by atoms with Crippen molar-refractivity contribution in [3.8, 4) is 11.5 Å². The Morgan fingerprint density at radius 3 is 2.65 bits per heavy atom. The van der Waals surface area contributed by atoms with E-state index < -0.39 is 11.6 Å². The number of halogens is 2. The molecule has 2 N–H and O–H groups in total. The highest BCUT2D eigenvalue weighted by Crippen LogP contribution is 2.45. The molecule has 0 spiro atoms. The van der Waals surface area contributed by atoms with E-state index in [1.165, 1.54) is 0 Å². The minimum absolute atomic E-state index is 0.0599. The Labute approximate surface area is 244 Å². The van der Waals surface area contributed by atoms with Crippen molar-refractivity contribution in [1.82, 2.24) is 5.32 Å². The lowest BCUT2D eigenvalue weighted by molar-refractivity contribution is -0.128. The van der Waals surface area contributed by atoms with Gasteiger partial charge in [0, 0.05) is 47.2 Å². The first-order chi connectivity index (χ1) is 19.4. The predicted octanol–water partition coefficient (Wildman–Crippen LogP) is 5.96. The third kappa shape index (κ3) is 6.78. The van der Waals surface area contributed by atoms with Gasteiger partial charge >= 0.3 is 0 Å². The zero-order chi connectivity index (χ0) is 28.5. The molecule has 7 nitrogen and oxygen atoms in total. The van der Waals surface area contributed by atoms with Crippen molar-refractivity contribution >= 4 is 35.0 Å². The third-order valence-electron chi connectivity index (χ3n) is 6.56. The van der Waals surface area contributed by atoms with E-state index in [-0.39, 0.29) is 18.9 Å². The van der Waals surface area contributed by atoms with Crippen LogP contribution in [0, 0.1) is 0 Å². The molecule has 0 radical (unpaired) electrons. The van der Waals surface area contributed by atoms with Crippen LogP contribution in [0.4, 0.5) is 0 Å². The minimum Gasteiger partial charge on any atom is -0.497 e. The van der Waals surface area contributed by atoms with Crippen LogP contribution in [0.1, 0.15) is 35.6 Å². The summed E-state index contributed by atoms with van der Waals surface area (Å²) in [7, 11) is 1.62. The molecule has 0 aromatic heterocycles. The molecule has 1 aliphatic heterocycles. The first-order valence-electron chi connectivity index (χ1n) is 13.0. The van der Waals surface area contributed by atoms with Gasteiger partial charge in [-0.15, -0.1) is 6.58 Å². The molecule has 4 rings (SSSR count). The Bertz CT molecular complexity index is 1360. The van der Waals surface area contributed by atoms with Crippen molar-refractivity contribution in [3.05, 3.63) is 106 Å². The molecule has 2 atom stereocenters. The smallest absolute Gasteiger partial charge is 0.252 e. The molecular formula is C31H32Cl2N2O5. The molecule has 1 heterocycles. The van der Waals surface area contributed by atoms with Gasteiger partial charge in [0.05, 0.1) is 13.7 Å². The van der Waals surface area contributed by atoms with Crippen LogP contribution in [-0.4, -0.2) is 49.3 Å². The van der Waals surface area contributed by atoms with Gasteiger partial charge in [-0.2, -0.15) is 0 Å². The summed E-state index contributed by atoms with van der Waals surface area (Å²) in [5, 5.41) is 12.9. The zero-order valence-corrected chi connectivity index (χ0v) is 23.8. The summed E-state index contributed by atoms with van der Waals surface area (Å²) in [6, 6.07) is 20.0. The monoisotopic (exact) mass is 582 g/mol. The molecule has 0 bridgehead atoms. The third-order valence-corrected chi connectivity index (χ3v) is 7.13. The highest BCUT2D eigenvalue weighted by Gasteiger charge is 2.53. The van der Waals surface area contributed by atoms with Crippen molar-refractivity contribution in [3.63, 3.8) is 0 Å². The maximum atomic E-state index is 13.9. The second kappa shape index (κ2) is 13.7. The number of amides is 1. The van der Waals surface area contributed by atoms with Crippen LogP contribution in [0.2, 0.25) is 10.0 Å². The van der Waals surface area contributed by atoms with E-state index in [9.17, 15) is 4.79 Å². The molecule has 210 valence electrons. The van der Waals surface area contributed by atoms with E-state index in [4.69, 9.17) is 47.5 Å². The Hall–Kier alpha value is -3.52. The van der Waals surface area contributed by atoms with E-state index in [0.717, 1.165) is 11.3 Å². The highest BCUT2D eigenvalue weighted by atomic mass is 35.5. The Kier molecular flexibility index (Phi) is 10.1. The summed E-state index contributed by atoms with van der Waals surface area (Å²) >= 11 is 12.8. The van der Waals surface area contributed by atoms with Gasteiger partial charge in [-0.3, -0.25) is 4.79 Å². The van der Waals surface area contributed by atoms with Gasteiger partial charge in [-0.25, -0.2) is 4.99 Å². The van der Waals surface area contributed by atoms with Crippen LogP contribution in [0.15, 0.2) is 84.4 Å². The van der Waals surface area contributed by atoms with Gasteiger partial charge in [-0.05, 0) is 60.5 Å². The number of rotatable bonds is 13. The topological polar surface area (TPSA) is 89.4 Å². The van der Waals surface area contributed by atoms with Crippen LogP contribution in [0.5, 0.6) is 11.5 Å². The summed E-state index contributed by atoms with van der Waals surface area (Å²) in [5.74, 6) is 1.42. The van der Waals surface area contributed by atoms with Crippen molar-refractivity contribution in [2.75, 3.05) is 26.9 Å². The molecular weight excluding hydrogens is 551 g/mol. The molecule has 3 aromatic carbocycles. The van der Waals surface area contributed by atoms with Crippen molar-refractivity contribution in [2.24, 2.45) is 4.99 Å². The van der Waals surface area contributed by atoms with Crippen molar-refractivity contribution in [1.29, 1.82) is 0 Å². The van der Waals surface area contributed by atoms with Crippen molar-refractivity contribution in [2.45, 2.75) is 30.9 Å². The molecule has 0 saturated carbocycles. The average Bonchev–Trinajstić information content (AvgIpc) is 3.34. The normalized spacial score (nSPS) is 18.0. The summed E-state index contributed by atoms with van der Waals surface area (Å²) < 4.78 is 17.3. The number of aliphatic hydroxyl groups is 1. The Morgan fingerprint density at radius 2 is 1.95 bits per heavy atom. The van der Waals surface area contributed by atoms with Gasteiger partial charge in [0.2, 0.25) is 5.90 Å². The van der Waals surface area contributed by atoms with Crippen LogP contribution < -0.4 is 14.8 Å². The number of benzene rings is 3. The maximum Gasteiger partial charge on any atom is 0.252 e. The number of hydrogen-bond donors (Lipinski definition) is 2. The number of carbonyl (C=O) groups excluding carboxylic acids is 1. The lowest BCUT2D eigenvalue weighted by Crippen LogP contribution is -2.48. The molecule has 0 fully saturated rings. The zero-order valence-electron chi connectivity index (χ0n) is 22.2. The SMILES string of the molecule is C=CC[C@@]1(C(=O)NCCc2cccc(OC)c2)N=C(c2ccc(OCCCO)cc2)O[C@@H]1c1ccc(Cl)cc1Cl. The minimum atomic E-state index is -1.35. The number of nitrogens with one attached hydrogen (secondary N) is 1. The number of ether oxygens (including phenoxy) is 3.